The van der Waals surface area contributed by atoms with Crippen molar-refractivity contribution < 1.29 is 4.48 Å². The number of benzene rings is 3. The molecule has 0 aliphatic heterocycles. The lowest BCUT2D eigenvalue weighted by Gasteiger charge is -2.28. The Balaban J connectivity index is 1.90. The van der Waals surface area contributed by atoms with Gasteiger partial charge in [-0.05, 0) is 36.4 Å². The quantitative estimate of drug-likeness (QED) is 0.472. The molecule has 110 valence electrons. The molecule has 0 bridgehead atoms. The van der Waals surface area contributed by atoms with Gasteiger partial charge >= 0.3 is 0 Å². The van der Waals surface area contributed by atoms with Crippen molar-refractivity contribution >= 4 is 17.1 Å². The molecule has 0 saturated carbocycles. The van der Waals surface area contributed by atoms with Crippen LogP contribution in [0.2, 0.25) is 0 Å². The first-order valence-electron chi connectivity index (χ1n) is 7.20. The summed E-state index contributed by atoms with van der Waals surface area (Å²) >= 11 is 0. The van der Waals surface area contributed by atoms with Gasteiger partial charge < -0.3 is 4.90 Å². The van der Waals surface area contributed by atoms with Gasteiger partial charge in [0, 0.05) is 11.4 Å². The molecular weight excluding hydrogens is 275 g/mol. The van der Waals surface area contributed by atoms with Crippen molar-refractivity contribution in [2.24, 2.45) is 0 Å². The molecule has 0 aromatic heterocycles. The number of halogens is 1. The van der Waals surface area contributed by atoms with Gasteiger partial charge in [-0.15, -0.1) is 0 Å². The van der Waals surface area contributed by atoms with Gasteiger partial charge in [-0.25, -0.2) is 0 Å². The topological polar surface area (TPSA) is 6.48 Å². The summed E-state index contributed by atoms with van der Waals surface area (Å²) in [5, 5.41) is 0.750. The van der Waals surface area contributed by atoms with Crippen LogP contribution in [0.3, 0.4) is 0 Å². The van der Waals surface area contributed by atoms with Crippen LogP contribution < -0.4 is 10.0 Å². The first-order chi connectivity index (χ1) is 10.8. The Morgan fingerprint density at radius 1 is 0.545 bits per heavy atom. The lowest BCUT2D eigenvalue weighted by molar-refractivity contribution is 0.437. The zero-order valence-electron chi connectivity index (χ0n) is 12.1. The maximum Gasteiger partial charge on any atom is 0.126 e. The first kappa shape index (κ1) is 14.1. The summed E-state index contributed by atoms with van der Waals surface area (Å²) in [5.41, 5.74) is 2.44. The fourth-order valence-electron chi connectivity index (χ4n) is 2.32. The highest BCUT2D eigenvalue weighted by atomic mass is 19.2. The highest BCUT2D eigenvalue weighted by Crippen LogP contribution is 2.26. The minimum atomic E-state index is 0.123. The molecule has 0 atom stereocenters. The standard InChI is InChI=1S/C19H17FN2/c20-22(19-14-8-3-9-15-19)16-21(17-10-4-1-5-11-17)18-12-6-2-7-13-18/h1-15H,16H2. The predicted molar refractivity (Wildman–Crippen MR) is 89.9 cm³/mol. The first-order valence-corrected chi connectivity index (χ1v) is 7.20. The summed E-state index contributed by atoms with van der Waals surface area (Å²) in [6, 6.07) is 28.7. The van der Waals surface area contributed by atoms with Crippen LogP contribution in [-0.2, 0) is 0 Å². The minimum absolute atomic E-state index is 0.123. The maximum atomic E-state index is 14.5. The maximum absolute atomic E-state index is 14.5. The zero-order valence-corrected chi connectivity index (χ0v) is 12.1. The Labute approximate surface area is 130 Å². The van der Waals surface area contributed by atoms with E-state index in [0.29, 0.717) is 5.69 Å². The van der Waals surface area contributed by atoms with Gasteiger partial charge in [0.1, 0.15) is 6.67 Å². The van der Waals surface area contributed by atoms with E-state index in [9.17, 15) is 4.48 Å². The van der Waals surface area contributed by atoms with Gasteiger partial charge in [-0.2, -0.15) is 5.12 Å². The van der Waals surface area contributed by atoms with E-state index in [-0.39, 0.29) is 6.67 Å². The van der Waals surface area contributed by atoms with E-state index in [4.69, 9.17) is 0 Å². The smallest absolute Gasteiger partial charge is 0.126 e. The monoisotopic (exact) mass is 292 g/mol. The molecule has 0 heterocycles. The zero-order chi connectivity index (χ0) is 15.2. The van der Waals surface area contributed by atoms with Crippen molar-refractivity contribution in [2.45, 2.75) is 0 Å². The van der Waals surface area contributed by atoms with Gasteiger partial charge in [0.15, 0.2) is 0 Å². The Hall–Kier alpha value is -2.81. The van der Waals surface area contributed by atoms with Crippen LogP contribution in [-0.4, -0.2) is 6.67 Å². The average Bonchev–Trinajstić information content (AvgIpc) is 2.62. The van der Waals surface area contributed by atoms with Crippen LogP contribution in [0.1, 0.15) is 0 Å². The van der Waals surface area contributed by atoms with Crippen LogP contribution >= 0.6 is 0 Å². The molecule has 0 fully saturated rings. The summed E-state index contributed by atoms with van der Waals surface area (Å²) in [4.78, 5) is 1.94. The molecule has 0 aliphatic carbocycles. The second-order valence-electron chi connectivity index (χ2n) is 4.94. The van der Waals surface area contributed by atoms with Crippen LogP contribution in [0.5, 0.6) is 0 Å². The van der Waals surface area contributed by atoms with E-state index in [2.05, 4.69) is 0 Å². The molecule has 0 amide bonds. The van der Waals surface area contributed by atoms with Crippen molar-refractivity contribution in [1.82, 2.24) is 0 Å². The molecule has 2 nitrogen and oxygen atoms in total. The second kappa shape index (κ2) is 6.76. The molecule has 0 unspecified atom stereocenters. The Bertz CT molecular complexity index is 647. The fraction of sp³-hybridized carbons (Fsp3) is 0.0526. The SMILES string of the molecule is FN(CN(c1ccccc1)c1ccccc1)c1ccccc1. The van der Waals surface area contributed by atoms with E-state index in [1.165, 1.54) is 0 Å². The molecule has 0 spiro atoms. The third kappa shape index (κ3) is 3.26. The third-order valence-electron chi connectivity index (χ3n) is 3.44. The number of para-hydroxylation sites is 3. The molecule has 0 N–H and O–H groups in total. The lowest BCUT2D eigenvalue weighted by Crippen LogP contribution is -2.29. The van der Waals surface area contributed by atoms with Crippen molar-refractivity contribution in [1.29, 1.82) is 0 Å². The lowest BCUT2D eigenvalue weighted by atomic mass is 10.2. The Morgan fingerprint density at radius 2 is 0.909 bits per heavy atom. The molecule has 0 radical (unpaired) electrons. The summed E-state index contributed by atoms with van der Waals surface area (Å²) in [5.74, 6) is 0. The number of anilines is 3. The third-order valence-corrected chi connectivity index (χ3v) is 3.44. The van der Waals surface area contributed by atoms with Crippen LogP contribution in [0.15, 0.2) is 91.0 Å². The summed E-state index contributed by atoms with van der Waals surface area (Å²) in [7, 11) is 0. The van der Waals surface area contributed by atoms with E-state index < -0.39 is 0 Å². The van der Waals surface area contributed by atoms with Crippen LogP contribution in [0.25, 0.3) is 0 Å². The molecule has 0 saturated heterocycles. The molecule has 3 aromatic rings. The molecule has 3 rings (SSSR count). The Morgan fingerprint density at radius 3 is 1.32 bits per heavy atom. The van der Waals surface area contributed by atoms with Gasteiger partial charge in [0.05, 0.1) is 5.69 Å². The van der Waals surface area contributed by atoms with Crippen molar-refractivity contribution in [3.63, 3.8) is 0 Å². The number of rotatable bonds is 5. The minimum Gasteiger partial charge on any atom is -0.321 e. The predicted octanol–water partition coefficient (Wildman–Crippen LogP) is 5.17. The fourth-order valence-corrected chi connectivity index (χ4v) is 2.32. The largest absolute Gasteiger partial charge is 0.321 e. The highest BCUT2D eigenvalue weighted by Gasteiger charge is 2.14. The number of nitrogens with zero attached hydrogens (tertiary/aromatic N) is 2. The van der Waals surface area contributed by atoms with Crippen LogP contribution in [0.4, 0.5) is 21.5 Å². The van der Waals surface area contributed by atoms with E-state index in [0.717, 1.165) is 16.5 Å². The molecular formula is C19H17FN2. The average molecular weight is 292 g/mol. The van der Waals surface area contributed by atoms with Crippen molar-refractivity contribution in [3.8, 4) is 0 Å². The summed E-state index contributed by atoms with van der Waals surface area (Å²) in [6.07, 6.45) is 0. The number of hydrogen-bond acceptors (Lipinski definition) is 2. The van der Waals surface area contributed by atoms with E-state index in [1.807, 2.05) is 83.8 Å². The van der Waals surface area contributed by atoms with E-state index in [1.54, 1.807) is 12.1 Å². The molecule has 22 heavy (non-hydrogen) atoms. The van der Waals surface area contributed by atoms with Crippen molar-refractivity contribution in [3.05, 3.63) is 91.0 Å². The van der Waals surface area contributed by atoms with E-state index >= 15 is 0 Å². The molecule has 3 aromatic carbocycles. The second-order valence-corrected chi connectivity index (χ2v) is 4.94. The van der Waals surface area contributed by atoms with Gasteiger partial charge in [-0.3, -0.25) is 0 Å². The summed E-state index contributed by atoms with van der Waals surface area (Å²) < 4.78 is 14.5. The van der Waals surface area contributed by atoms with Crippen molar-refractivity contribution in [2.75, 3.05) is 16.7 Å². The molecule has 3 heteroatoms. The van der Waals surface area contributed by atoms with Crippen LogP contribution in [0, 0.1) is 0 Å². The highest BCUT2D eigenvalue weighted by molar-refractivity contribution is 5.64. The molecule has 0 aliphatic rings. The van der Waals surface area contributed by atoms with Gasteiger partial charge in [0.25, 0.3) is 0 Å². The van der Waals surface area contributed by atoms with Gasteiger partial charge in [-0.1, -0.05) is 59.1 Å². The number of hydrogen-bond donors (Lipinski definition) is 0. The normalized spacial score (nSPS) is 10.2. The Kier molecular flexibility index (Phi) is 4.35. The van der Waals surface area contributed by atoms with Gasteiger partial charge in [0.2, 0.25) is 0 Å². The summed E-state index contributed by atoms with van der Waals surface area (Å²) in [6.45, 7) is 0.123.